The summed E-state index contributed by atoms with van der Waals surface area (Å²) in [5, 5.41) is 2.65. The molecule has 1 atom stereocenters. The number of aromatic nitrogens is 2. The van der Waals surface area contributed by atoms with E-state index in [4.69, 9.17) is 10.5 Å². The molecule has 0 aliphatic heterocycles. The Morgan fingerprint density at radius 1 is 1.73 bits per heavy atom. The van der Waals surface area contributed by atoms with Gasteiger partial charge in [-0.25, -0.2) is 9.97 Å². The van der Waals surface area contributed by atoms with E-state index in [2.05, 4.69) is 15.3 Å². The van der Waals surface area contributed by atoms with Crippen LogP contribution < -0.4 is 11.1 Å². The average molecular weight is 210 g/mol. The minimum atomic E-state index is -0.642. The number of rotatable bonds is 5. The van der Waals surface area contributed by atoms with Gasteiger partial charge in [-0.15, -0.1) is 0 Å². The van der Waals surface area contributed by atoms with E-state index < -0.39 is 6.04 Å². The number of hydrogen-bond donors (Lipinski definition) is 2. The van der Waals surface area contributed by atoms with Crippen molar-refractivity contribution in [3.8, 4) is 0 Å². The Balaban J connectivity index is 2.34. The first-order valence-electron chi connectivity index (χ1n) is 4.51. The Morgan fingerprint density at radius 3 is 3.13 bits per heavy atom. The second-order valence-electron chi connectivity index (χ2n) is 2.98. The monoisotopic (exact) mass is 210 g/mol. The molecule has 0 aliphatic rings. The molecule has 0 aromatic carbocycles. The van der Waals surface area contributed by atoms with Crippen molar-refractivity contribution in [1.29, 1.82) is 0 Å². The van der Waals surface area contributed by atoms with Crippen LogP contribution in [0.3, 0.4) is 0 Å². The highest BCUT2D eigenvalue weighted by Crippen LogP contribution is 1.90. The fourth-order valence-electron chi connectivity index (χ4n) is 0.987. The van der Waals surface area contributed by atoms with E-state index in [1.54, 1.807) is 12.3 Å². The van der Waals surface area contributed by atoms with Crippen LogP contribution in [0.25, 0.3) is 0 Å². The Morgan fingerprint density at radius 2 is 2.53 bits per heavy atom. The smallest absolute Gasteiger partial charge is 0.239 e. The third-order valence-corrected chi connectivity index (χ3v) is 1.77. The Labute approximate surface area is 87.9 Å². The van der Waals surface area contributed by atoms with E-state index in [1.165, 1.54) is 13.4 Å². The molecule has 1 amide bonds. The molecule has 0 spiro atoms. The van der Waals surface area contributed by atoms with Crippen LogP contribution in [-0.2, 0) is 16.1 Å². The van der Waals surface area contributed by atoms with Gasteiger partial charge in [0.15, 0.2) is 0 Å². The van der Waals surface area contributed by atoms with E-state index in [9.17, 15) is 4.79 Å². The van der Waals surface area contributed by atoms with Gasteiger partial charge in [0.25, 0.3) is 0 Å². The first-order chi connectivity index (χ1) is 7.24. The lowest BCUT2D eigenvalue weighted by Crippen LogP contribution is -2.43. The fourth-order valence-corrected chi connectivity index (χ4v) is 0.987. The minimum Gasteiger partial charge on any atom is -0.383 e. The van der Waals surface area contributed by atoms with Crippen LogP contribution >= 0.6 is 0 Å². The van der Waals surface area contributed by atoms with Gasteiger partial charge >= 0.3 is 0 Å². The molecule has 6 nitrogen and oxygen atoms in total. The van der Waals surface area contributed by atoms with Crippen LogP contribution in [0, 0.1) is 0 Å². The van der Waals surface area contributed by atoms with Crippen molar-refractivity contribution in [2.45, 2.75) is 12.6 Å². The number of ether oxygens (including phenoxy) is 1. The first-order valence-corrected chi connectivity index (χ1v) is 4.51. The third-order valence-electron chi connectivity index (χ3n) is 1.77. The largest absolute Gasteiger partial charge is 0.383 e. The lowest BCUT2D eigenvalue weighted by atomic mass is 10.3. The topological polar surface area (TPSA) is 90.1 Å². The fraction of sp³-hybridized carbons (Fsp3) is 0.444. The van der Waals surface area contributed by atoms with Crippen LogP contribution in [0.2, 0.25) is 0 Å². The van der Waals surface area contributed by atoms with Crippen molar-refractivity contribution >= 4 is 5.91 Å². The zero-order valence-corrected chi connectivity index (χ0v) is 8.51. The predicted octanol–water partition coefficient (Wildman–Crippen LogP) is -0.933. The first kappa shape index (κ1) is 11.5. The maximum Gasteiger partial charge on any atom is 0.239 e. The summed E-state index contributed by atoms with van der Waals surface area (Å²) in [5.41, 5.74) is 6.26. The molecule has 1 rings (SSSR count). The van der Waals surface area contributed by atoms with Gasteiger partial charge < -0.3 is 15.8 Å². The SMILES string of the molecule is COCC(N)C(=O)NCc1ccncn1. The zero-order chi connectivity index (χ0) is 11.1. The molecule has 0 bridgehead atoms. The van der Waals surface area contributed by atoms with Gasteiger partial charge in [0.2, 0.25) is 5.91 Å². The van der Waals surface area contributed by atoms with E-state index in [1.807, 2.05) is 0 Å². The van der Waals surface area contributed by atoms with Crippen LogP contribution in [0.4, 0.5) is 0 Å². The molecule has 82 valence electrons. The zero-order valence-electron chi connectivity index (χ0n) is 8.51. The van der Waals surface area contributed by atoms with Gasteiger partial charge in [-0.2, -0.15) is 0 Å². The molecule has 0 aliphatic carbocycles. The lowest BCUT2D eigenvalue weighted by Gasteiger charge is -2.10. The highest BCUT2D eigenvalue weighted by Gasteiger charge is 2.12. The van der Waals surface area contributed by atoms with Crippen molar-refractivity contribution in [2.24, 2.45) is 5.73 Å². The van der Waals surface area contributed by atoms with E-state index in [0.717, 1.165) is 5.69 Å². The Kier molecular flexibility index (Phi) is 4.65. The number of methoxy groups -OCH3 is 1. The molecule has 1 aromatic rings. The summed E-state index contributed by atoms with van der Waals surface area (Å²) in [5.74, 6) is -0.254. The standard InChI is InChI=1S/C9H14N4O2/c1-15-5-8(10)9(14)12-4-7-2-3-11-6-13-7/h2-3,6,8H,4-5,10H2,1H3,(H,12,14). The Hall–Kier alpha value is -1.53. The predicted molar refractivity (Wildman–Crippen MR) is 53.7 cm³/mol. The van der Waals surface area contributed by atoms with Gasteiger partial charge in [-0.3, -0.25) is 4.79 Å². The second-order valence-corrected chi connectivity index (χ2v) is 2.98. The highest BCUT2D eigenvalue weighted by molar-refractivity contribution is 5.81. The molecule has 1 heterocycles. The number of hydrogen-bond acceptors (Lipinski definition) is 5. The van der Waals surface area contributed by atoms with Crippen LogP contribution in [0.15, 0.2) is 18.6 Å². The average Bonchev–Trinajstić information content (AvgIpc) is 2.27. The number of nitrogens with two attached hydrogens (primary N) is 1. The molecule has 0 saturated heterocycles. The molecule has 1 aromatic heterocycles. The van der Waals surface area contributed by atoms with Gasteiger partial charge in [-0.1, -0.05) is 0 Å². The summed E-state index contributed by atoms with van der Waals surface area (Å²) in [6, 6.07) is 1.08. The second kappa shape index (κ2) is 6.05. The van der Waals surface area contributed by atoms with E-state index >= 15 is 0 Å². The van der Waals surface area contributed by atoms with E-state index in [-0.39, 0.29) is 12.5 Å². The summed E-state index contributed by atoms with van der Waals surface area (Å²) in [4.78, 5) is 19.1. The molecule has 0 fully saturated rings. The highest BCUT2D eigenvalue weighted by atomic mass is 16.5. The van der Waals surface area contributed by atoms with Crippen molar-refractivity contribution < 1.29 is 9.53 Å². The summed E-state index contributed by atoms with van der Waals surface area (Å²) in [7, 11) is 1.50. The molecule has 0 saturated carbocycles. The van der Waals surface area contributed by atoms with Gasteiger partial charge in [0.05, 0.1) is 18.8 Å². The number of amides is 1. The summed E-state index contributed by atoms with van der Waals surface area (Å²) < 4.78 is 4.77. The summed E-state index contributed by atoms with van der Waals surface area (Å²) in [6.07, 6.45) is 3.04. The summed E-state index contributed by atoms with van der Waals surface area (Å²) in [6.45, 7) is 0.550. The lowest BCUT2D eigenvalue weighted by molar-refractivity contribution is -0.123. The van der Waals surface area contributed by atoms with Crippen LogP contribution in [-0.4, -0.2) is 35.6 Å². The van der Waals surface area contributed by atoms with Gasteiger partial charge in [0.1, 0.15) is 12.4 Å². The van der Waals surface area contributed by atoms with Crippen molar-refractivity contribution in [1.82, 2.24) is 15.3 Å². The molecule has 0 radical (unpaired) electrons. The van der Waals surface area contributed by atoms with Gasteiger partial charge in [0, 0.05) is 13.3 Å². The number of carbonyl (C=O) groups excluding carboxylic acids is 1. The number of nitrogens with one attached hydrogen (secondary N) is 1. The minimum absolute atomic E-state index is 0.204. The van der Waals surface area contributed by atoms with Crippen LogP contribution in [0.1, 0.15) is 5.69 Å². The van der Waals surface area contributed by atoms with Crippen molar-refractivity contribution in [3.63, 3.8) is 0 Å². The van der Waals surface area contributed by atoms with Crippen molar-refractivity contribution in [3.05, 3.63) is 24.3 Å². The molecule has 15 heavy (non-hydrogen) atoms. The Bertz CT molecular complexity index is 304. The molecular weight excluding hydrogens is 196 g/mol. The number of nitrogens with zero attached hydrogens (tertiary/aromatic N) is 2. The third kappa shape index (κ3) is 4.01. The number of carbonyl (C=O) groups is 1. The van der Waals surface area contributed by atoms with Gasteiger partial charge in [-0.05, 0) is 6.07 Å². The van der Waals surface area contributed by atoms with Crippen molar-refractivity contribution in [2.75, 3.05) is 13.7 Å². The molecular formula is C9H14N4O2. The molecule has 1 unspecified atom stereocenters. The maximum absolute atomic E-state index is 11.3. The quantitative estimate of drug-likeness (QED) is 0.655. The maximum atomic E-state index is 11.3. The summed E-state index contributed by atoms with van der Waals surface area (Å²) >= 11 is 0. The van der Waals surface area contributed by atoms with E-state index in [0.29, 0.717) is 6.54 Å². The molecule has 3 N–H and O–H groups in total. The normalized spacial score (nSPS) is 12.1. The van der Waals surface area contributed by atoms with Crippen LogP contribution in [0.5, 0.6) is 0 Å². The molecule has 6 heteroatoms.